The van der Waals surface area contributed by atoms with Crippen molar-refractivity contribution in [2.75, 3.05) is 0 Å². The quantitative estimate of drug-likeness (QED) is 0.410. The van der Waals surface area contributed by atoms with Crippen molar-refractivity contribution >= 4 is 43.5 Å². The highest BCUT2D eigenvalue weighted by Crippen LogP contribution is 2.37. The van der Waals surface area contributed by atoms with Crippen LogP contribution in [0, 0.1) is 18.6 Å². The van der Waals surface area contributed by atoms with Gasteiger partial charge in [-0.1, -0.05) is 45.7 Å². The van der Waals surface area contributed by atoms with Crippen LogP contribution in [-0.2, 0) is 0 Å². The summed E-state index contributed by atoms with van der Waals surface area (Å²) < 4.78 is 28.5. The van der Waals surface area contributed by atoms with Crippen molar-refractivity contribution in [2.24, 2.45) is 0 Å². The molecular formula is C14H9Br2ClF2. The summed E-state index contributed by atoms with van der Waals surface area (Å²) in [5.41, 5.74) is 1.21. The second-order valence-electron chi connectivity index (χ2n) is 4.13. The van der Waals surface area contributed by atoms with Crippen molar-refractivity contribution in [1.82, 2.24) is 0 Å². The molecular weight excluding hydrogens is 401 g/mol. The van der Waals surface area contributed by atoms with E-state index in [4.69, 9.17) is 11.6 Å². The van der Waals surface area contributed by atoms with Gasteiger partial charge in [0.25, 0.3) is 0 Å². The highest BCUT2D eigenvalue weighted by molar-refractivity contribution is 9.10. The lowest BCUT2D eigenvalue weighted by Gasteiger charge is -2.14. The molecule has 0 fully saturated rings. The molecule has 0 aliphatic rings. The van der Waals surface area contributed by atoms with Crippen LogP contribution >= 0.6 is 43.5 Å². The first-order valence-corrected chi connectivity index (χ1v) is 7.54. The Morgan fingerprint density at radius 1 is 1.16 bits per heavy atom. The number of rotatable bonds is 2. The van der Waals surface area contributed by atoms with E-state index in [0.717, 1.165) is 0 Å². The highest BCUT2D eigenvalue weighted by Gasteiger charge is 2.20. The smallest absolute Gasteiger partial charge is 0.130 e. The van der Waals surface area contributed by atoms with Crippen LogP contribution in [0.2, 0.25) is 5.02 Å². The Labute approximate surface area is 132 Å². The fourth-order valence-electron chi connectivity index (χ4n) is 1.77. The molecule has 1 atom stereocenters. The van der Waals surface area contributed by atoms with Gasteiger partial charge >= 0.3 is 0 Å². The van der Waals surface area contributed by atoms with E-state index in [-0.39, 0.29) is 5.82 Å². The van der Waals surface area contributed by atoms with Gasteiger partial charge in [0.2, 0.25) is 0 Å². The van der Waals surface area contributed by atoms with Gasteiger partial charge in [0.15, 0.2) is 0 Å². The lowest BCUT2D eigenvalue weighted by Crippen LogP contribution is -2.01. The van der Waals surface area contributed by atoms with Crippen LogP contribution in [0.5, 0.6) is 0 Å². The van der Waals surface area contributed by atoms with Crippen molar-refractivity contribution in [3.63, 3.8) is 0 Å². The number of hydrogen-bond acceptors (Lipinski definition) is 0. The number of halogens is 5. The van der Waals surface area contributed by atoms with Gasteiger partial charge < -0.3 is 0 Å². The molecule has 2 aromatic rings. The molecule has 0 aliphatic carbocycles. The summed E-state index contributed by atoms with van der Waals surface area (Å²) in [5, 5.41) is 0.383. The van der Waals surface area contributed by atoms with Crippen LogP contribution in [-0.4, -0.2) is 0 Å². The average Bonchev–Trinajstić information content (AvgIpc) is 2.36. The zero-order valence-electron chi connectivity index (χ0n) is 9.85. The third-order valence-electron chi connectivity index (χ3n) is 2.81. The maximum atomic E-state index is 14.1. The Balaban J connectivity index is 2.53. The van der Waals surface area contributed by atoms with E-state index < -0.39 is 10.6 Å². The third-order valence-corrected chi connectivity index (χ3v) is 4.99. The van der Waals surface area contributed by atoms with Crippen LogP contribution in [0.3, 0.4) is 0 Å². The van der Waals surface area contributed by atoms with Crippen molar-refractivity contribution in [3.05, 3.63) is 68.2 Å². The summed E-state index contributed by atoms with van der Waals surface area (Å²) in [6.45, 7) is 1.67. The molecule has 1 unspecified atom stereocenters. The van der Waals surface area contributed by atoms with Crippen molar-refractivity contribution < 1.29 is 8.78 Å². The topological polar surface area (TPSA) is 0 Å². The maximum absolute atomic E-state index is 14.1. The monoisotopic (exact) mass is 408 g/mol. The predicted octanol–water partition coefficient (Wildman–Crippen LogP) is 6.17. The molecule has 0 nitrogen and oxygen atoms in total. The van der Waals surface area contributed by atoms with Crippen LogP contribution in [0.25, 0.3) is 0 Å². The molecule has 0 amide bonds. The first-order valence-electron chi connectivity index (χ1n) is 5.45. The van der Waals surface area contributed by atoms with Gasteiger partial charge in [0.05, 0.1) is 9.85 Å². The van der Waals surface area contributed by atoms with Gasteiger partial charge in [0.1, 0.15) is 11.6 Å². The lowest BCUT2D eigenvalue weighted by atomic mass is 10.0. The van der Waals surface area contributed by atoms with E-state index >= 15 is 0 Å². The largest absolute Gasteiger partial charge is 0.207 e. The van der Waals surface area contributed by atoms with E-state index in [0.29, 0.717) is 26.2 Å². The summed E-state index contributed by atoms with van der Waals surface area (Å²) in [4.78, 5) is -0.585. The van der Waals surface area contributed by atoms with Gasteiger partial charge in [-0.2, -0.15) is 0 Å². The Kier molecular flexibility index (Phi) is 4.64. The minimum absolute atomic E-state index is 0.303. The molecule has 0 radical (unpaired) electrons. The average molecular weight is 410 g/mol. The number of alkyl halides is 1. The van der Waals surface area contributed by atoms with E-state index in [1.54, 1.807) is 25.1 Å². The molecule has 0 N–H and O–H groups in total. The van der Waals surface area contributed by atoms with Gasteiger partial charge in [0, 0.05) is 15.6 Å². The molecule has 19 heavy (non-hydrogen) atoms. The Bertz CT molecular complexity index is 629. The normalized spacial score (nSPS) is 12.5. The van der Waals surface area contributed by atoms with Crippen LogP contribution < -0.4 is 0 Å². The predicted molar refractivity (Wildman–Crippen MR) is 81.0 cm³/mol. The molecule has 0 spiro atoms. The summed E-state index contributed by atoms with van der Waals surface area (Å²) in [6.07, 6.45) is 0. The van der Waals surface area contributed by atoms with Crippen LogP contribution in [0.1, 0.15) is 21.5 Å². The highest BCUT2D eigenvalue weighted by atomic mass is 79.9. The third kappa shape index (κ3) is 3.01. The summed E-state index contributed by atoms with van der Waals surface area (Å²) in [7, 11) is 0. The fourth-order valence-corrected chi connectivity index (χ4v) is 2.96. The standard InChI is InChI=1S/C14H9Br2ClF2/c1-7-3-2-4-8(14(7)19)13(16)9-5-11(17)10(15)6-12(9)18/h2-6,13H,1H3. The summed E-state index contributed by atoms with van der Waals surface area (Å²) in [5.74, 6) is -0.790. The number of hydrogen-bond donors (Lipinski definition) is 0. The van der Waals surface area contributed by atoms with E-state index in [9.17, 15) is 8.78 Å². The van der Waals surface area contributed by atoms with E-state index in [1.165, 1.54) is 12.1 Å². The second-order valence-corrected chi connectivity index (χ2v) is 6.31. The Morgan fingerprint density at radius 2 is 1.84 bits per heavy atom. The number of benzene rings is 2. The van der Waals surface area contributed by atoms with Gasteiger partial charge in [-0.3, -0.25) is 0 Å². The van der Waals surface area contributed by atoms with Gasteiger partial charge in [-0.25, -0.2) is 8.78 Å². The Morgan fingerprint density at radius 3 is 2.53 bits per heavy atom. The molecule has 0 heterocycles. The molecule has 0 saturated carbocycles. The molecule has 0 bridgehead atoms. The maximum Gasteiger partial charge on any atom is 0.130 e. The minimum atomic E-state index is -0.585. The summed E-state index contributed by atoms with van der Waals surface area (Å²) >= 11 is 12.4. The fraction of sp³-hybridized carbons (Fsp3) is 0.143. The lowest BCUT2D eigenvalue weighted by molar-refractivity contribution is 0.593. The molecule has 0 aliphatic heterocycles. The SMILES string of the molecule is Cc1cccc(C(Br)c2cc(Cl)c(Br)cc2F)c1F. The first-order chi connectivity index (χ1) is 8.91. The van der Waals surface area contributed by atoms with E-state index in [2.05, 4.69) is 31.9 Å². The molecule has 2 aromatic carbocycles. The van der Waals surface area contributed by atoms with Crippen molar-refractivity contribution in [3.8, 4) is 0 Å². The molecule has 100 valence electrons. The molecule has 0 aromatic heterocycles. The second kappa shape index (κ2) is 5.90. The molecule has 2 rings (SSSR count). The molecule has 5 heteroatoms. The van der Waals surface area contributed by atoms with Crippen molar-refractivity contribution in [1.29, 1.82) is 0 Å². The zero-order valence-corrected chi connectivity index (χ0v) is 13.8. The Hall–Kier alpha value is -0.450. The van der Waals surface area contributed by atoms with E-state index in [1.807, 2.05) is 0 Å². The minimum Gasteiger partial charge on any atom is -0.207 e. The van der Waals surface area contributed by atoms with Gasteiger partial charge in [-0.15, -0.1) is 0 Å². The van der Waals surface area contributed by atoms with Crippen LogP contribution in [0.15, 0.2) is 34.8 Å². The summed E-state index contributed by atoms with van der Waals surface area (Å²) in [6, 6.07) is 7.79. The van der Waals surface area contributed by atoms with Crippen LogP contribution in [0.4, 0.5) is 8.78 Å². The van der Waals surface area contributed by atoms with Crippen molar-refractivity contribution in [2.45, 2.75) is 11.8 Å². The zero-order chi connectivity index (χ0) is 14.2. The number of aryl methyl sites for hydroxylation is 1. The van der Waals surface area contributed by atoms with Gasteiger partial charge in [-0.05, 0) is 40.5 Å². The first kappa shape index (κ1) is 14.9. The molecule has 0 saturated heterocycles.